The molecule has 0 aliphatic carbocycles. The lowest BCUT2D eigenvalue weighted by atomic mass is 10.2. The van der Waals surface area contributed by atoms with Crippen molar-refractivity contribution in [2.45, 2.75) is 26.4 Å². The second-order valence-electron chi connectivity index (χ2n) is 4.13. The first-order valence-electron chi connectivity index (χ1n) is 4.62. The standard InChI is InChI=1S/C11H14INO2/c1-11(2,3)15-10(14)13-9-6-4-8(12)5-7-9/h4-7H,1-3H3,(H,13,14). The molecule has 0 atom stereocenters. The molecule has 0 aliphatic heterocycles. The first-order chi connectivity index (χ1) is 6.87. The van der Waals surface area contributed by atoms with Gasteiger partial charge in [0, 0.05) is 9.26 Å². The molecule has 1 aromatic rings. The average molecular weight is 319 g/mol. The van der Waals surface area contributed by atoms with E-state index in [0.29, 0.717) is 0 Å². The van der Waals surface area contributed by atoms with E-state index in [1.54, 1.807) is 0 Å². The molecule has 1 aromatic carbocycles. The molecule has 0 bridgehead atoms. The first-order valence-corrected chi connectivity index (χ1v) is 5.70. The monoisotopic (exact) mass is 319 g/mol. The van der Waals surface area contributed by atoms with Crippen molar-refractivity contribution < 1.29 is 9.53 Å². The number of carbonyl (C=O) groups is 1. The van der Waals surface area contributed by atoms with E-state index < -0.39 is 11.7 Å². The Balaban J connectivity index is 2.55. The van der Waals surface area contributed by atoms with Crippen LogP contribution >= 0.6 is 22.6 Å². The zero-order valence-electron chi connectivity index (χ0n) is 9.00. The third-order valence-electron chi connectivity index (χ3n) is 1.49. The molecule has 0 unspecified atom stereocenters. The van der Waals surface area contributed by atoms with Crippen molar-refractivity contribution in [1.82, 2.24) is 0 Å². The molecule has 0 spiro atoms. The van der Waals surface area contributed by atoms with Crippen LogP contribution in [0.25, 0.3) is 0 Å². The number of nitrogens with one attached hydrogen (secondary N) is 1. The molecule has 1 N–H and O–H groups in total. The quantitative estimate of drug-likeness (QED) is 0.803. The number of carbonyl (C=O) groups excluding carboxylic acids is 1. The van der Waals surface area contributed by atoms with Crippen LogP contribution in [0.2, 0.25) is 0 Å². The summed E-state index contributed by atoms with van der Waals surface area (Å²) < 4.78 is 6.25. The van der Waals surface area contributed by atoms with Crippen molar-refractivity contribution in [2.24, 2.45) is 0 Å². The summed E-state index contributed by atoms with van der Waals surface area (Å²) in [6.45, 7) is 5.50. The molecule has 0 saturated carbocycles. The SMILES string of the molecule is CC(C)(C)OC(=O)Nc1ccc(I)cc1. The van der Waals surface area contributed by atoms with Crippen molar-refractivity contribution >= 4 is 34.4 Å². The molecular formula is C11H14INO2. The van der Waals surface area contributed by atoms with Gasteiger partial charge in [-0.1, -0.05) is 0 Å². The van der Waals surface area contributed by atoms with Gasteiger partial charge < -0.3 is 4.74 Å². The zero-order valence-corrected chi connectivity index (χ0v) is 11.2. The maximum atomic E-state index is 11.4. The fourth-order valence-corrected chi connectivity index (χ4v) is 1.31. The molecule has 15 heavy (non-hydrogen) atoms. The van der Waals surface area contributed by atoms with Gasteiger partial charge in [0.05, 0.1) is 0 Å². The maximum absolute atomic E-state index is 11.4. The number of hydrogen-bond donors (Lipinski definition) is 1. The van der Waals surface area contributed by atoms with E-state index in [-0.39, 0.29) is 0 Å². The predicted molar refractivity (Wildman–Crippen MR) is 69.0 cm³/mol. The summed E-state index contributed by atoms with van der Waals surface area (Å²) in [7, 11) is 0. The summed E-state index contributed by atoms with van der Waals surface area (Å²) in [6, 6.07) is 7.53. The highest BCUT2D eigenvalue weighted by Crippen LogP contribution is 2.13. The third-order valence-corrected chi connectivity index (χ3v) is 2.21. The average Bonchev–Trinajstić information content (AvgIpc) is 2.05. The van der Waals surface area contributed by atoms with E-state index in [0.717, 1.165) is 9.26 Å². The maximum Gasteiger partial charge on any atom is 0.412 e. The van der Waals surface area contributed by atoms with Crippen LogP contribution in [0.5, 0.6) is 0 Å². The van der Waals surface area contributed by atoms with Gasteiger partial charge in [0.15, 0.2) is 0 Å². The van der Waals surface area contributed by atoms with E-state index >= 15 is 0 Å². The van der Waals surface area contributed by atoms with E-state index in [4.69, 9.17) is 4.74 Å². The molecule has 0 fully saturated rings. The molecule has 82 valence electrons. The molecule has 0 radical (unpaired) electrons. The highest BCUT2D eigenvalue weighted by atomic mass is 127. The molecule has 0 saturated heterocycles. The van der Waals surface area contributed by atoms with Gasteiger partial charge >= 0.3 is 6.09 Å². The van der Waals surface area contributed by atoms with Crippen LogP contribution in [-0.4, -0.2) is 11.7 Å². The third kappa shape index (κ3) is 5.01. The summed E-state index contributed by atoms with van der Waals surface area (Å²) in [6.07, 6.45) is -0.427. The van der Waals surface area contributed by atoms with Gasteiger partial charge in [-0.3, -0.25) is 5.32 Å². The Hall–Kier alpha value is -0.780. The fourth-order valence-electron chi connectivity index (χ4n) is 0.955. The van der Waals surface area contributed by atoms with Crippen molar-refractivity contribution in [3.8, 4) is 0 Å². The van der Waals surface area contributed by atoms with Crippen LogP contribution < -0.4 is 5.32 Å². The van der Waals surface area contributed by atoms with Gasteiger partial charge in [-0.2, -0.15) is 0 Å². The molecule has 3 nitrogen and oxygen atoms in total. The van der Waals surface area contributed by atoms with Gasteiger partial charge in [-0.15, -0.1) is 0 Å². The second-order valence-corrected chi connectivity index (χ2v) is 5.38. The Morgan fingerprint density at radius 3 is 2.27 bits per heavy atom. The lowest BCUT2D eigenvalue weighted by molar-refractivity contribution is 0.0636. The topological polar surface area (TPSA) is 38.3 Å². The highest BCUT2D eigenvalue weighted by Gasteiger charge is 2.15. The number of benzene rings is 1. The van der Waals surface area contributed by atoms with Gasteiger partial charge in [0.2, 0.25) is 0 Å². The smallest absolute Gasteiger partial charge is 0.412 e. The Labute approximate surface area is 103 Å². The Morgan fingerprint density at radius 2 is 1.80 bits per heavy atom. The minimum Gasteiger partial charge on any atom is -0.444 e. The van der Waals surface area contributed by atoms with Gasteiger partial charge in [0.1, 0.15) is 5.60 Å². The molecule has 0 aliphatic rings. The van der Waals surface area contributed by atoms with E-state index in [9.17, 15) is 4.79 Å². The lowest BCUT2D eigenvalue weighted by Gasteiger charge is -2.19. The molecular weight excluding hydrogens is 305 g/mol. The summed E-state index contributed by atoms with van der Waals surface area (Å²) in [4.78, 5) is 11.4. The molecule has 0 aromatic heterocycles. The van der Waals surface area contributed by atoms with Crippen LogP contribution in [0.15, 0.2) is 24.3 Å². The van der Waals surface area contributed by atoms with Crippen molar-refractivity contribution in [3.63, 3.8) is 0 Å². The van der Waals surface area contributed by atoms with Gasteiger partial charge in [-0.05, 0) is 67.6 Å². The number of hydrogen-bond acceptors (Lipinski definition) is 2. The minimum absolute atomic E-state index is 0.427. The van der Waals surface area contributed by atoms with Gasteiger partial charge in [0.25, 0.3) is 0 Å². The number of halogens is 1. The van der Waals surface area contributed by atoms with Crippen LogP contribution in [0.1, 0.15) is 20.8 Å². The molecule has 1 rings (SSSR count). The van der Waals surface area contributed by atoms with E-state index in [1.165, 1.54) is 0 Å². The van der Waals surface area contributed by atoms with Crippen molar-refractivity contribution in [3.05, 3.63) is 27.8 Å². The van der Waals surface area contributed by atoms with Crippen LogP contribution in [0, 0.1) is 3.57 Å². The number of rotatable bonds is 1. The molecule has 4 heteroatoms. The normalized spacial score (nSPS) is 10.9. The van der Waals surface area contributed by atoms with Crippen molar-refractivity contribution in [2.75, 3.05) is 5.32 Å². The predicted octanol–water partition coefficient (Wildman–Crippen LogP) is 3.64. The molecule has 1 amide bonds. The summed E-state index contributed by atoms with van der Waals surface area (Å²) in [5, 5.41) is 2.66. The van der Waals surface area contributed by atoms with Crippen molar-refractivity contribution in [1.29, 1.82) is 0 Å². The van der Waals surface area contributed by atoms with Crippen LogP contribution in [0.3, 0.4) is 0 Å². The largest absolute Gasteiger partial charge is 0.444 e. The number of ether oxygens (including phenoxy) is 1. The molecule has 0 heterocycles. The lowest BCUT2D eigenvalue weighted by Crippen LogP contribution is -2.27. The van der Waals surface area contributed by atoms with E-state index in [2.05, 4.69) is 27.9 Å². The number of anilines is 1. The minimum atomic E-state index is -0.465. The zero-order chi connectivity index (χ0) is 11.5. The van der Waals surface area contributed by atoms with Crippen LogP contribution in [-0.2, 0) is 4.74 Å². The van der Waals surface area contributed by atoms with Crippen LogP contribution in [0.4, 0.5) is 10.5 Å². The highest BCUT2D eigenvalue weighted by molar-refractivity contribution is 14.1. The summed E-state index contributed by atoms with van der Waals surface area (Å²) in [5.41, 5.74) is 0.275. The first kappa shape index (κ1) is 12.3. The summed E-state index contributed by atoms with van der Waals surface area (Å²) >= 11 is 2.21. The summed E-state index contributed by atoms with van der Waals surface area (Å²) in [5.74, 6) is 0. The van der Waals surface area contributed by atoms with Gasteiger partial charge in [-0.25, -0.2) is 4.79 Å². The Morgan fingerprint density at radius 1 is 1.27 bits per heavy atom. The van der Waals surface area contributed by atoms with E-state index in [1.807, 2.05) is 45.0 Å². The Bertz CT molecular complexity index is 341. The Kier molecular flexibility index (Phi) is 3.96. The second kappa shape index (κ2) is 4.83. The number of amides is 1. The fraction of sp³-hybridized carbons (Fsp3) is 0.364.